The van der Waals surface area contributed by atoms with Crippen LogP contribution in [0, 0.1) is 0 Å². The van der Waals surface area contributed by atoms with Crippen LogP contribution in [-0.2, 0) is 4.79 Å². The first-order chi connectivity index (χ1) is 8.18. The Labute approximate surface area is 106 Å². The molecule has 2 atom stereocenters. The van der Waals surface area contributed by atoms with Gasteiger partial charge in [0.2, 0.25) is 5.91 Å². The average Bonchev–Trinajstić information content (AvgIpc) is 2.30. The van der Waals surface area contributed by atoms with Gasteiger partial charge >= 0.3 is 0 Å². The van der Waals surface area contributed by atoms with E-state index in [-0.39, 0.29) is 17.9 Å². The van der Waals surface area contributed by atoms with Gasteiger partial charge in [0.1, 0.15) is 0 Å². The second-order valence-corrected chi connectivity index (χ2v) is 4.93. The van der Waals surface area contributed by atoms with E-state index in [0.29, 0.717) is 5.02 Å². The fourth-order valence-electron chi connectivity index (χ4n) is 2.46. The number of carbonyl (C=O) groups excluding carboxylic acids is 1. The highest BCUT2D eigenvalue weighted by molar-refractivity contribution is 6.30. The molecule has 1 aromatic rings. The Morgan fingerprint density at radius 1 is 1.47 bits per heavy atom. The summed E-state index contributed by atoms with van der Waals surface area (Å²) < 4.78 is 0. The Morgan fingerprint density at radius 2 is 2.29 bits per heavy atom. The lowest BCUT2D eigenvalue weighted by Gasteiger charge is -2.29. The standard InChI is InChI=1S/C13H17ClN2O/c14-10-5-3-4-9(8-10)12(13(15)17)11-6-1-2-7-16-11/h3-5,8,11-12,16H,1-2,6-7H2,(H2,15,17). The maximum Gasteiger partial charge on any atom is 0.226 e. The van der Waals surface area contributed by atoms with E-state index in [0.717, 1.165) is 31.4 Å². The fraction of sp³-hybridized carbons (Fsp3) is 0.462. The van der Waals surface area contributed by atoms with Crippen molar-refractivity contribution in [1.82, 2.24) is 5.32 Å². The summed E-state index contributed by atoms with van der Waals surface area (Å²) in [4.78, 5) is 11.6. The number of piperidine rings is 1. The molecule has 92 valence electrons. The van der Waals surface area contributed by atoms with E-state index in [9.17, 15) is 4.79 Å². The van der Waals surface area contributed by atoms with Crippen molar-refractivity contribution < 1.29 is 4.79 Å². The third kappa shape index (κ3) is 2.99. The van der Waals surface area contributed by atoms with E-state index < -0.39 is 0 Å². The molecule has 0 aliphatic carbocycles. The predicted octanol–water partition coefficient (Wildman–Crippen LogP) is 2.05. The van der Waals surface area contributed by atoms with Crippen LogP contribution in [0.1, 0.15) is 30.7 Å². The topological polar surface area (TPSA) is 55.1 Å². The maximum atomic E-state index is 11.6. The van der Waals surface area contributed by atoms with Gasteiger partial charge in [-0.2, -0.15) is 0 Å². The minimum Gasteiger partial charge on any atom is -0.369 e. The summed E-state index contributed by atoms with van der Waals surface area (Å²) in [7, 11) is 0. The third-order valence-corrected chi connectivity index (χ3v) is 3.50. The lowest BCUT2D eigenvalue weighted by atomic mass is 9.86. The Hall–Kier alpha value is -1.06. The first kappa shape index (κ1) is 12.4. The molecule has 1 aliphatic heterocycles. The Kier molecular flexibility index (Phi) is 4.02. The molecule has 1 aliphatic rings. The predicted molar refractivity (Wildman–Crippen MR) is 69.0 cm³/mol. The van der Waals surface area contributed by atoms with Crippen LogP contribution >= 0.6 is 11.6 Å². The van der Waals surface area contributed by atoms with Gasteiger partial charge in [-0.25, -0.2) is 0 Å². The molecule has 1 heterocycles. The number of amides is 1. The monoisotopic (exact) mass is 252 g/mol. The van der Waals surface area contributed by atoms with Crippen molar-refractivity contribution in [1.29, 1.82) is 0 Å². The molecule has 1 aromatic carbocycles. The van der Waals surface area contributed by atoms with Gasteiger partial charge in [0, 0.05) is 11.1 Å². The quantitative estimate of drug-likeness (QED) is 0.865. The fourth-order valence-corrected chi connectivity index (χ4v) is 2.66. The molecule has 2 rings (SSSR count). The summed E-state index contributed by atoms with van der Waals surface area (Å²) in [6, 6.07) is 7.54. The minimum absolute atomic E-state index is 0.139. The molecule has 2 unspecified atom stereocenters. The van der Waals surface area contributed by atoms with Crippen LogP contribution in [0.15, 0.2) is 24.3 Å². The number of carbonyl (C=O) groups is 1. The summed E-state index contributed by atoms with van der Waals surface area (Å²) in [5, 5.41) is 4.02. The molecule has 0 aromatic heterocycles. The zero-order valence-electron chi connectivity index (χ0n) is 9.66. The van der Waals surface area contributed by atoms with Gasteiger partial charge in [0.05, 0.1) is 5.92 Å². The Bertz CT molecular complexity index is 402. The van der Waals surface area contributed by atoms with E-state index in [1.165, 1.54) is 0 Å². The molecule has 0 bridgehead atoms. The number of hydrogen-bond acceptors (Lipinski definition) is 2. The molecule has 0 radical (unpaired) electrons. The van der Waals surface area contributed by atoms with Crippen LogP contribution in [0.25, 0.3) is 0 Å². The summed E-state index contributed by atoms with van der Waals surface area (Å²) in [5.41, 5.74) is 6.43. The summed E-state index contributed by atoms with van der Waals surface area (Å²) in [6.07, 6.45) is 3.29. The lowest BCUT2D eigenvalue weighted by molar-refractivity contribution is -0.120. The number of benzene rings is 1. The Balaban J connectivity index is 2.25. The molecular weight excluding hydrogens is 236 g/mol. The van der Waals surface area contributed by atoms with Crippen molar-refractivity contribution in [3.63, 3.8) is 0 Å². The van der Waals surface area contributed by atoms with E-state index in [1.54, 1.807) is 6.07 Å². The van der Waals surface area contributed by atoms with Crippen molar-refractivity contribution in [2.45, 2.75) is 31.2 Å². The molecular formula is C13H17ClN2O. The molecule has 1 saturated heterocycles. The van der Waals surface area contributed by atoms with Gasteiger partial charge in [0.15, 0.2) is 0 Å². The van der Waals surface area contributed by atoms with E-state index in [2.05, 4.69) is 5.32 Å². The number of hydrogen-bond donors (Lipinski definition) is 2. The second kappa shape index (κ2) is 5.52. The Morgan fingerprint density at radius 3 is 2.88 bits per heavy atom. The van der Waals surface area contributed by atoms with Crippen LogP contribution < -0.4 is 11.1 Å². The molecule has 3 N–H and O–H groups in total. The van der Waals surface area contributed by atoms with Gasteiger partial charge in [0.25, 0.3) is 0 Å². The van der Waals surface area contributed by atoms with Crippen molar-refractivity contribution in [2.75, 3.05) is 6.54 Å². The minimum atomic E-state index is -0.285. The van der Waals surface area contributed by atoms with Crippen molar-refractivity contribution >= 4 is 17.5 Å². The van der Waals surface area contributed by atoms with Gasteiger partial charge in [-0.15, -0.1) is 0 Å². The molecule has 3 nitrogen and oxygen atoms in total. The highest BCUT2D eigenvalue weighted by Gasteiger charge is 2.29. The smallest absolute Gasteiger partial charge is 0.226 e. The number of rotatable bonds is 3. The molecule has 4 heteroatoms. The molecule has 17 heavy (non-hydrogen) atoms. The van der Waals surface area contributed by atoms with Crippen LogP contribution in [0.2, 0.25) is 5.02 Å². The molecule has 0 saturated carbocycles. The van der Waals surface area contributed by atoms with Crippen molar-refractivity contribution in [3.05, 3.63) is 34.9 Å². The first-order valence-electron chi connectivity index (χ1n) is 5.96. The summed E-state index contributed by atoms with van der Waals surface area (Å²) >= 11 is 5.96. The van der Waals surface area contributed by atoms with Crippen molar-refractivity contribution in [3.8, 4) is 0 Å². The third-order valence-electron chi connectivity index (χ3n) is 3.27. The average molecular weight is 253 g/mol. The second-order valence-electron chi connectivity index (χ2n) is 4.49. The largest absolute Gasteiger partial charge is 0.369 e. The van der Waals surface area contributed by atoms with E-state index in [1.807, 2.05) is 18.2 Å². The highest BCUT2D eigenvalue weighted by atomic mass is 35.5. The first-order valence-corrected chi connectivity index (χ1v) is 6.34. The van der Waals surface area contributed by atoms with Crippen LogP contribution in [0.5, 0.6) is 0 Å². The van der Waals surface area contributed by atoms with Gasteiger partial charge in [-0.3, -0.25) is 4.79 Å². The number of primary amides is 1. The zero-order valence-corrected chi connectivity index (χ0v) is 10.4. The molecule has 1 fully saturated rings. The van der Waals surface area contributed by atoms with Gasteiger partial charge < -0.3 is 11.1 Å². The highest BCUT2D eigenvalue weighted by Crippen LogP contribution is 2.26. The summed E-state index contributed by atoms with van der Waals surface area (Å²) in [6.45, 7) is 0.953. The normalized spacial score (nSPS) is 22.1. The lowest BCUT2D eigenvalue weighted by Crippen LogP contribution is -2.43. The molecule has 1 amide bonds. The van der Waals surface area contributed by atoms with Crippen molar-refractivity contribution in [2.24, 2.45) is 5.73 Å². The van der Waals surface area contributed by atoms with E-state index in [4.69, 9.17) is 17.3 Å². The van der Waals surface area contributed by atoms with Crippen LogP contribution in [0.4, 0.5) is 0 Å². The number of nitrogens with two attached hydrogens (primary N) is 1. The van der Waals surface area contributed by atoms with Gasteiger partial charge in [-0.1, -0.05) is 30.2 Å². The van der Waals surface area contributed by atoms with E-state index >= 15 is 0 Å². The van der Waals surface area contributed by atoms with Crippen LogP contribution in [0.3, 0.4) is 0 Å². The summed E-state index contributed by atoms with van der Waals surface area (Å²) in [5.74, 6) is -0.569. The SMILES string of the molecule is NC(=O)C(c1cccc(Cl)c1)C1CCCCN1. The maximum absolute atomic E-state index is 11.6. The molecule has 0 spiro atoms. The van der Waals surface area contributed by atoms with Gasteiger partial charge in [-0.05, 0) is 37.1 Å². The number of nitrogens with one attached hydrogen (secondary N) is 1. The van der Waals surface area contributed by atoms with Crippen LogP contribution in [-0.4, -0.2) is 18.5 Å². The number of halogens is 1. The zero-order chi connectivity index (χ0) is 12.3.